The lowest BCUT2D eigenvalue weighted by atomic mass is 9.84. The van der Waals surface area contributed by atoms with Crippen molar-refractivity contribution in [3.63, 3.8) is 0 Å². The van der Waals surface area contributed by atoms with Crippen LogP contribution in [0.3, 0.4) is 0 Å². The van der Waals surface area contributed by atoms with Crippen LogP contribution in [0.5, 0.6) is 0 Å². The molecule has 114 valence electrons. The van der Waals surface area contributed by atoms with Crippen LogP contribution in [0, 0.1) is 23.7 Å². The fourth-order valence-electron chi connectivity index (χ4n) is 5.50. The SMILES string of the molecule is NC(CS(=O)(=O)N1CC2CCC1C2)C1CC2CCC1C2. The van der Waals surface area contributed by atoms with E-state index in [1.165, 1.54) is 32.1 Å². The van der Waals surface area contributed by atoms with Crippen molar-refractivity contribution in [1.29, 1.82) is 0 Å². The second-order valence-electron chi connectivity index (χ2n) is 7.68. The standard InChI is InChI=1S/C15H26N2O2S/c16-15(14-7-10-1-3-12(14)5-10)9-20(18,19)17-8-11-2-4-13(17)6-11/h10-15H,1-9,16H2. The van der Waals surface area contributed by atoms with Crippen molar-refractivity contribution in [2.75, 3.05) is 12.3 Å². The number of nitrogens with two attached hydrogens (primary N) is 1. The summed E-state index contributed by atoms with van der Waals surface area (Å²) in [6.07, 6.45) is 8.46. The van der Waals surface area contributed by atoms with Gasteiger partial charge in [0.1, 0.15) is 0 Å². The summed E-state index contributed by atoms with van der Waals surface area (Å²) in [5, 5.41) is 0. The van der Waals surface area contributed by atoms with E-state index in [0.29, 0.717) is 17.8 Å². The van der Waals surface area contributed by atoms with Gasteiger partial charge in [0, 0.05) is 18.6 Å². The number of sulfonamides is 1. The van der Waals surface area contributed by atoms with Crippen molar-refractivity contribution in [2.24, 2.45) is 29.4 Å². The van der Waals surface area contributed by atoms with Crippen molar-refractivity contribution in [2.45, 2.75) is 57.0 Å². The highest BCUT2D eigenvalue weighted by Crippen LogP contribution is 2.49. The Morgan fingerprint density at radius 3 is 2.40 bits per heavy atom. The summed E-state index contributed by atoms with van der Waals surface area (Å²) in [6.45, 7) is 0.760. The van der Waals surface area contributed by atoms with E-state index in [-0.39, 0.29) is 17.8 Å². The molecule has 4 nitrogen and oxygen atoms in total. The van der Waals surface area contributed by atoms with Crippen molar-refractivity contribution in [3.05, 3.63) is 0 Å². The van der Waals surface area contributed by atoms with Crippen LogP contribution in [0.4, 0.5) is 0 Å². The van der Waals surface area contributed by atoms with Gasteiger partial charge in [-0.15, -0.1) is 0 Å². The van der Waals surface area contributed by atoms with Crippen molar-refractivity contribution < 1.29 is 8.42 Å². The maximum Gasteiger partial charge on any atom is 0.215 e. The first-order valence-electron chi connectivity index (χ1n) is 8.28. The summed E-state index contributed by atoms with van der Waals surface area (Å²) in [6, 6.07) is 0.145. The van der Waals surface area contributed by atoms with Crippen molar-refractivity contribution in [3.8, 4) is 0 Å². The molecule has 6 atom stereocenters. The van der Waals surface area contributed by atoms with Gasteiger partial charge >= 0.3 is 0 Å². The monoisotopic (exact) mass is 298 g/mol. The average molecular weight is 298 g/mol. The van der Waals surface area contributed by atoms with Crippen LogP contribution in [-0.4, -0.2) is 37.1 Å². The first-order chi connectivity index (χ1) is 9.53. The molecule has 4 aliphatic rings. The number of rotatable bonds is 4. The summed E-state index contributed by atoms with van der Waals surface area (Å²) in [5.74, 6) is 2.81. The van der Waals surface area contributed by atoms with Gasteiger partial charge in [0.05, 0.1) is 5.75 Å². The molecular formula is C15H26N2O2S. The van der Waals surface area contributed by atoms with Crippen LogP contribution in [0.15, 0.2) is 0 Å². The Morgan fingerprint density at radius 2 is 1.85 bits per heavy atom. The minimum Gasteiger partial charge on any atom is -0.326 e. The highest BCUT2D eigenvalue weighted by Gasteiger charge is 2.47. The largest absolute Gasteiger partial charge is 0.326 e. The molecule has 4 fully saturated rings. The summed E-state index contributed by atoms with van der Waals surface area (Å²) in [5.41, 5.74) is 6.31. The molecule has 1 saturated heterocycles. The van der Waals surface area contributed by atoms with Gasteiger partial charge in [-0.3, -0.25) is 0 Å². The maximum absolute atomic E-state index is 12.6. The number of hydrogen-bond acceptors (Lipinski definition) is 3. The van der Waals surface area contributed by atoms with Gasteiger partial charge in [0.2, 0.25) is 10.0 Å². The molecule has 0 aromatic rings. The highest BCUT2D eigenvalue weighted by molar-refractivity contribution is 7.89. The predicted octanol–water partition coefficient (Wildman–Crippen LogP) is 1.56. The minimum atomic E-state index is -3.14. The Labute approximate surface area is 122 Å². The Bertz CT molecular complexity index is 492. The second kappa shape index (κ2) is 4.68. The molecule has 2 N–H and O–H groups in total. The van der Waals surface area contributed by atoms with E-state index < -0.39 is 10.0 Å². The number of hydrogen-bond donors (Lipinski definition) is 1. The smallest absolute Gasteiger partial charge is 0.215 e. The second-order valence-corrected chi connectivity index (χ2v) is 9.65. The first kappa shape index (κ1) is 13.5. The summed E-state index contributed by atoms with van der Waals surface area (Å²) < 4.78 is 27.1. The third-order valence-corrected chi connectivity index (χ3v) is 8.43. The number of nitrogens with zero attached hydrogens (tertiary/aromatic N) is 1. The van der Waals surface area contributed by atoms with Gasteiger partial charge in [-0.1, -0.05) is 6.42 Å². The van der Waals surface area contributed by atoms with Gasteiger partial charge in [0.15, 0.2) is 0 Å². The zero-order valence-corrected chi connectivity index (χ0v) is 12.9. The van der Waals surface area contributed by atoms with E-state index in [2.05, 4.69) is 0 Å². The van der Waals surface area contributed by atoms with Crippen molar-refractivity contribution >= 4 is 10.0 Å². The number of piperidine rings is 1. The molecule has 3 aliphatic carbocycles. The molecule has 0 radical (unpaired) electrons. The third-order valence-electron chi connectivity index (χ3n) is 6.46. The summed E-state index contributed by atoms with van der Waals surface area (Å²) in [7, 11) is -3.14. The van der Waals surface area contributed by atoms with E-state index in [1.54, 1.807) is 4.31 Å². The molecule has 4 rings (SSSR count). The predicted molar refractivity (Wildman–Crippen MR) is 78.5 cm³/mol. The molecule has 1 heterocycles. The zero-order valence-electron chi connectivity index (χ0n) is 12.1. The first-order valence-corrected chi connectivity index (χ1v) is 9.89. The topological polar surface area (TPSA) is 63.4 Å². The molecule has 0 aromatic heterocycles. The van der Waals surface area contributed by atoms with E-state index in [9.17, 15) is 8.42 Å². The van der Waals surface area contributed by atoms with Crippen LogP contribution in [0.2, 0.25) is 0 Å². The fraction of sp³-hybridized carbons (Fsp3) is 1.00. The molecule has 0 amide bonds. The third kappa shape index (κ3) is 2.13. The van der Waals surface area contributed by atoms with Crippen molar-refractivity contribution in [1.82, 2.24) is 4.31 Å². The van der Waals surface area contributed by atoms with Crippen LogP contribution < -0.4 is 5.73 Å². The minimum absolute atomic E-state index is 0.144. The Morgan fingerprint density at radius 1 is 1.05 bits per heavy atom. The normalized spacial score (nSPS) is 45.4. The summed E-state index contributed by atoms with van der Waals surface area (Å²) in [4.78, 5) is 0. The van der Waals surface area contributed by atoms with Gasteiger partial charge < -0.3 is 5.73 Å². The van der Waals surface area contributed by atoms with Gasteiger partial charge in [-0.25, -0.2) is 8.42 Å². The summed E-state index contributed by atoms with van der Waals surface area (Å²) >= 11 is 0. The molecular weight excluding hydrogens is 272 g/mol. The lowest BCUT2D eigenvalue weighted by Crippen LogP contribution is -2.46. The molecule has 3 saturated carbocycles. The van der Waals surface area contributed by atoms with Gasteiger partial charge in [-0.2, -0.15) is 4.31 Å². The Hall–Kier alpha value is -0.130. The van der Waals surface area contributed by atoms with Crippen LogP contribution in [0.1, 0.15) is 44.9 Å². The maximum atomic E-state index is 12.6. The van der Waals surface area contributed by atoms with E-state index >= 15 is 0 Å². The van der Waals surface area contributed by atoms with Gasteiger partial charge in [0.25, 0.3) is 0 Å². The molecule has 20 heavy (non-hydrogen) atoms. The molecule has 0 spiro atoms. The Balaban J connectivity index is 1.43. The molecule has 5 heteroatoms. The van der Waals surface area contributed by atoms with E-state index in [4.69, 9.17) is 5.73 Å². The van der Waals surface area contributed by atoms with Crippen LogP contribution in [-0.2, 0) is 10.0 Å². The fourth-order valence-corrected chi connectivity index (χ4v) is 7.51. The van der Waals surface area contributed by atoms with E-state index in [1.807, 2.05) is 0 Å². The van der Waals surface area contributed by atoms with Gasteiger partial charge in [-0.05, 0) is 62.2 Å². The molecule has 4 bridgehead atoms. The number of fused-ring (bicyclic) bond motifs is 4. The molecule has 0 aromatic carbocycles. The molecule has 1 aliphatic heterocycles. The zero-order chi connectivity index (χ0) is 13.9. The Kier molecular flexibility index (Phi) is 3.17. The lowest BCUT2D eigenvalue weighted by Gasteiger charge is -2.31. The van der Waals surface area contributed by atoms with Crippen LogP contribution in [0.25, 0.3) is 0 Å². The molecule has 6 unspecified atom stereocenters. The highest BCUT2D eigenvalue weighted by atomic mass is 32.2. The lowest BCUT2D eigenvalue weighted by molar-refractivity contribution is 0.286. The quantitative estimate of drug-likeness (QED) is 0.857. The van der Waals surface area contributed by atoms with E-state index in [0.717, 1.165) is 25.3 Å². The average Bonchev–Trinajstić information content (AvgIpc) is 3.17. The van der Waals surface area contributed by atoms with Crippen LogP contribution >= 0.6 is 0 Å².